The van der Waals surface area contributed by atoms with Gasteiger partial charge in [-0.05, 0) is 38.8 Å². The zero-order chi connectivity index (χ0) is 18.8. The summed E-state index contributed by atoms with van der Waals surface area (Å²) in [7, 11) is 0. The molecule has 0 radical (unpaired) electrons. The highest BCUT2D eigenvalue weighted by molar-refractivity contribution is 6.02. The molecule has 3 aliphatic heterocycles. The van der Waals surface area contributed by atoms with Crippen molar-refractivity contribution in [2.24, 2.45) is 0 Å². The molecule has 5 rings (SSSR count). The van der Waals surface area contributed by atoms with Gasteiger partial charge in [-0.2, -0.15) is 5.10 Å². The second-order valence-corrected chi connectivity index (χ2v) is 8.06. The molecule has 27 heavy (non-hydrogen) atoms. The third kappa shape index (κ3) is 2.30. The van der Waals surface area contributed by atoms with Gasteiger partial charge < -0.3 is 15.5 Å². The highest BCUT2D eigenvalue weighted by Gasteiger charge is 2.60. The van der Waals surface area contributed by atoms with E-state index in [1.54, 1.807) is 10.9 Å². The van der Waals surface area contributed by atoms with Crippen LogP contribution in [0.5, 0.6) is 0 Å². The van der Waals surface area contributed by atoms with Crippen molar-refractivity contribution in [3.8, 4) is 0 Å². The number of carbonyl (C=O) groups excluding carboxylic acids is 2. The fourth-order valence-corrected chi connectivity index (χ4v) is 4.86. The predicted molar refractivity (Wildman–Crippen MR) is 100 cm³/mol. The van der Waals surface area contributed by atoms with E-state index in [9.17, 15) is 9.59 Å². The number of anilines is 1. The quantitative estimate of drug-likeness (QED) is 0.856. The minimum atomic E-state index is -0.585. The van der Waals surface area contributed by atoms with Crippen molar-refractivity contribution in [3.63, 3.8) is 0 Å². The van der Waals surface area contributed by atoms with Gasteiger partial charge in [0.05, 0.1) is 23.4 Å². The summed E-state index contributed by atoms with van der Waals surface area (Å²) >= 11 is 0. The van der Waals surface area contributed by atoms with Crippen LogP contribution < -0.4 is 10.6 Å². The molecule has 1 aromatic carbocycles. The maximum Gasteiger partial charge on any atom is 0.257 e. The van der Waals surface area contributed by atoms with Crippen molar-refractivity contribution in [3.05, 3.63) is 47.8 Å². The van der Waals surface area contributed by atoms with Crippen LogP contribution in [0.1, 0.15) is 59.9 Å². The van der Waals surface area contributed by atoms with Crippen molar-refractivity contribution in [1.82, 2.24) is 20.0 Å². The molecular formula is C20H23N5O2. The molecule has 0 unspecified atom stereocenters. The molecule has 2 fully saturated rings. The van der Waals surface area contributed by atoms with Gasteiger partial charge >= 0.3 is 0 Å². The molecule has 140 valence electrons. The lowest BCUT2D eigenvalue weighted by molar-refractivity contribution is 0.0691. The minimum absolute atomic E-state index is 0.00109. The molecule has 0 aliphatic carbocycles. The normalized spacial score (nSPS) is 28.4. The van der Waals surface area contributed by atoms with Crippen molar-refractivity contribution in [1.29, 1.82) is 0 Å². The van der Waals surface area contributed by atoms with Crippen LogP contribution in [0.15, 0.2) is 36.7 Å². The summed E-state index contributed by atoms with van der Waals surface area (Å²) in [6.07, 6.45) is 6.04. The molecule has 2 N–H and O–H groups in total. The number of fused-ring (bicyclic) bond motifs is 4. The number of nitrogens with zero attached hydrogens (tertiary/aromatic N) is 3. The standard InChI is InChI=1S/C20H23N5O2/c1-12(2)24-11-13(10-21-24)19(27)25-14-7-8-17(25)20(9-14)22-16-6-4-3-5-15(16)18(26)23-20/h3-6,10-12,14,17,22H,7-9H2,1-2H3,(H,23,26)/t14-,17-,20+/m1/s1. The maximum atomic E-state index is 13.2. The molecule has 7 heteroatoms. The Labute approximate surface area is 157 Å². The second-order valence-electron chi connectivity index (χ2n) is 8.06. The van der Waals surface area contributed by atoms with Gasteiger partial charge in [0.2, 0.25) is 0 Å². The van der Waals surface area contributed by atoms with Gasteiger partial charge in [-0.15, -0.1) is 0 Å². The van der Waals surface area contributed by atoms with Crippen molar-refractivity contribution in [2.45, 2.75) is 56.9 Å². The molecule has 1 aromatic heterocycles. The Morgan fingerprint density at radius 2 is 2.07 bits per heavy atom. The van der Waals surface area contributed by atoms with Gasteiger partial charge in [-0.3, -0.25) is 14.3 Å². The van der Waals surface area contributed by atoms with Crippen LogP contribution in [0.3, 0.4) is 0 Å². The van der Waals surface area contributed by atoms with Crippen LogP contribution in [-0.2, 0) is 0 Å². The average molecular weight is 365 g/mol. The molecule has 2 saturated heterocycles. The molecule has 3 atom stereocenters. The van der Waals surface area contributed by atoms with E-state index in [0.29, 0.717) is 11.1 Å². The first-order valence-electron chi connectivity index (χ1n) is 9.55. The zero-order valence-electron chi connectivity index (χ0n) is 15.5. The number of para-hydroxylation sites is 1. The highest BCUT2D eigenvalue weighted by atomic mass is 16.2. The molecule has 0 saturated carbocycles. The summed E-state index contributed by atoms with van der Waals surface area (Å²) in [5.41, 5.74) is 1.52. The van der Waals surface area contributed by atoms with Crippen LogP contribution in [0.2, 0.25) is 0 Å². The molecule has 3 aliphatic rings. The van der Waals surface area contributed by atoms with E-state index in [4.69, 9.17) is 0 Å². The zero-order valence-corrected chi connectivity index (χ0v) is 15.5. The predicted octanol–water partition coefficient (Wildman–Crippen LogP) is 2.39. The number of benzene rings is 1. The Morgan fingerprint density at radius 1 is 1.26 bits per heavy atom. The number of hydrogen-bond acceptors (Lipinski definition) is 4. The average Bonchev–Trinajstić information content (AvgIpc) is 3.34. The van der Waals surface area contributed by atoms with E-state index < -0.39 is 5.66 Å². The summed E-state index contributed by atoms with van der Waals surface area (Å²) < 4.78 is 1.80. The fourth-order valence-electron chi connectivity index (χ4n) is 4.86. The third-order valence-electron chi connectivity index (χ3n) is 6.11. The second kappa shape index (κ2) is 5.58. The molecule has 2 bridgehead atoms. The molecular weight excluding hydrogens is 342 g/mol. The summed E-state index contributed by atoms with van der Waals surface area (Å²) in [5, 5.41) is 11.0. The topological polar surface area (TPSA) is 79.3 Å². The summed E-state index contributed by atoms with van der Waals surface area (Å²) in [6.45, 7) is 4.07. The Bertz CT molecular complexity index is 936. The van der Waals surface area contributed by atoms with E-state index in [2.05, 4.69) is 15.7 Å². The lowest BCUT2D eigenvalue weighted by Crippen LogP contribution is -2.64. The fraction of sp³-hybridized carbons (Fsp3) is 0.450. The van der Waals surface area contributed by atoms with Crippen molar-refractivity contribution >= 4 is 17.5 Å². The van der Waals surface area contributed by atoms with Gasteiger partial charge in [-0.1, -0.05) is 12.1 Å². The first-order valence-corrected chi connectivity index (χ1v) is 9.55. The molecule has 1 spiro atoms. The van der Waals surface area contributed by atoms with Gasteiger partial charge in [0.15, 0.2) is 0 Å². The highest BCUT2D eigenvalue weighted by Crippen LogP contribution is 2.47. The smallest absolute Gasteiger partial charge is 0.257 e. The van der Waals surface area contributed by atoms with E-state index in [1.165, 1.54) is 0 Å². The Hall–Kier alpha value is -2.83. The Kier molecular flexibility index (Phi) is 3.38. The summed E-state index contributed by atoms with van der Waals surface area (Å²) in [5.74, 6) is -0.0712. The third-order valence-corrected chi connectivity index (χ3v) is 6.11. The summed E-state index contributed by atoms with van der Waals surface area (Å²) in [6, 6.07) is 7.82. The number of aromatic nitrogens is 2. The van der Waals surface area contributed by atoms with E-state index in [0.717, 1.165) is 24.9 Å². The summed E-state index contributed by atoms with van der Waals surface area (Å²) in [4.78, 5) is 27.9. The van der Waals surface area contributed by atoms with Gasteiger partial charge in [0, 0.05) is 30.4 Å². The van der Waals surface area contributed by atoms with Crippen LogP contribution in [0, 0.1) is 0 Å². The molecule has 7 nitrogen and oxygen atoms in total. The number of carbonyl (C=O) groups is 2. The SMILES string of the molecule is CC(C)n1cc(C(=O)N2[C@@H]3CC[C@@H]2[C@]2(C3)NC(=O)c3ccccc3N2)cn1. The van der Waals surface area contributed by atoms with Crippen LogP contribution in [0.25, 0.3) is 0 Å². The maximum absolute atomic E-state index is 13.2. The Balaban J connectivity index is 1.46. The number of nitrogens with one attached hydrogen (secondary N) is 2. The number of amides is 2. The van der Waals surface area contributed by atoms with E-state index in [1.807, 2.05) is 49.2 Å². The number of hydrogen-bond donors (Lipinski definition) is 2. The van der Waals surface area contributed by atoms with Crippen molar-refractivity contribution < 1.29 is 9.59 Å². The van der Waals surface area contributed by atoms with Gasteiger partial charge in [0.25, 0.3) is 11.8 Å². The van der Waals surface area contributed by atoms with Crippen molar-refractivity contribution in [2.75, 3.05) is 5.32 Å². The van der Waals surface area contributed by atoms with E-state index >= 15 is 0 Å². The lowest BCUT2D eigenvalue weighted by Gasteiger charge is -2.43. The van der Waals surface area contributed by atoms with Crippen LogP contribution in [-0.4, -0.2) is 44.2 Å². The Morgan fingerprint density at radius 3 is 2.85 bits per heavy atom. The molecule has 2 aromatic rings. The number of rotatable bonds is 2. The van der Waals surface area contributed by atoms with E-state index in [-0.39, 0.29) is 29.9 Å². The molecule has 2 amide bonds. The lowest BCUT2D eigenvalue weighted by atomic mass is 9.86. The van der Waals surface area contributed by atoms with Crippen LogP contribution in [0.4, 0.5) is 5.69 Å². The first kappa shape index (κ1) is 16.4. The van der Waals surface area contributed by atoms with Gasteiger partial charge in [-0.25, -0.2) is 0 Å². The molecule has 4 heterocycles. The largest absolute Gasteiger partial charge is 0.360 e. The van der Waals surface area contributed by atoms with Crippen LogP contribution >= 0.6 is 0 Å². The monoisotopic (exact) mass is 365 g/mol. The minimum Gasteiger partial charge on any atom is -0.360 e. The van der Waals surface area contributed by atoms with Gasteiger partial charge in [0.1, 0.15) is 5.66 Å². The first-order chi connectivity index (χ1) is 13.0.